The summed E-state index contributed by atoms with van der Waals surface area (Å²) in [5, 5.41) is 3.24. The summed E-state index contributed by atoms with van der Waals surface area (Å²) >= 11 is 0. The number of nitrogens with one attached hydrogen (secondary N) is 1. The van der Waals surface area contributed by atoms with Crippen LogP contribution in [-0.4, -0.2) is 43.6 Å². The zero-order valence-corrected chi connectivity index (χ0v) is 14.4. The average molecular weight is 297 g/mol. The van der Waals surface area contributed by atoms with Gasteiger partial charge in [-0.05, 0) is 37.6 Å². The minimum absolute atomic E-state index is 0.632. The number of rotatable bonds is 9. The molecule has 0 aromatic rings. The van der Waals surface area contributed by atoms with E-state index in [9.17, 15) is 0 Å². The number of likely N-dealkylation sites (tertiary alicyclic amines) is 1. The fraction of sp³-hybridized carbons (Fsp3) is 0.941. The van der Waals surface area contributed by atoms with E-state index < -0.39 is 0 Å². The third-order valence-corrected chi connectivity index (χ3v) is 4.08. The summed E-state index contributed by atoms with van der Waals surface area (Å²) in [4.78, 5) is 7.12. The summed E-state index contributed by atoms with van der Waals surface area (Å²) in [5.41, 5.74) is 5.95. The van der Waals surface area contributed by atoms with E-state index in [-0.39, 0.29) is 0 Å². The van der Waals surface area contributed by atoms with Gasteiger partial charge in [0, 0.05) is 26.2 Å². The lowest BCUT2D eigenvalue weighted by Crippen LogP contribution is -2.39. The number of aliphatic imine (C=N–C) groups is 1. The molecule has 1 aliphatic heterocycles. The quantitative estimate of drug-likeness (QED) is 0.391. The van der Waals surface area contributed by atoms with Gasteiger partial charge in [0.15, 0.2) is 5.96 Å². The number of hydrogen-bond donors (Lipinski definition) is 2. The van der Waals surface area contributed by atoms with Crippen LogP contribution < -0.4 is 11.1 Å². The molecule has 0 amide bonds. The summed E-state index contributed by atoms with van der Waals surface area (Å²) in [6.07, 6.45) is 7.66. The highest BCUT2D eigenvalue weighted by Crippen LogP contribution is 2.17. The predicted molar refractivity (Wildman–Crippen MR) is 92.6 cm³/mol. The molecule has 1 atom stereocenters. The van der Waals surface area contributed by atoms with E-state index in [0.717, 1.165) is 19.0 Å². The van der Waals surface area contributed by atoms with Gasteiger partial charge >= 0.3 is 0 Å². The van der Waals surface area contributed by atoms with E-state index in [1.54, 1.807) is 0 Å². The summed E-state index contributed by atoms with van der Waals surface area (Å²) < 4.78 is 0. The Morgan fingerprint density at radius 2 is 2.14 bits per heavy atom. The lowest BCUT2D eigenvalue weighted by atomic mass is 9.97. The Kier molecular flexibility index (Phi) is 9.48. The van der Waals surface area contributed by atoms with Gasteiger partial charge in [0.05, 0.1) is 0 Å². The van der Waals surface area contributed by atoms with Crippen molar-refractivity contribution < 1.29 is 0 Å². The molecule has 1 aliphatic rings. The van der Waals surface area contributed by atoms with Crippen LogP contribution in [0.1, 0.15) is 59.3 Å². The van der Waals surface area contributed by atoms with Gasteiger partial charge in [-0.25, -0.2) is 0 Å². The first-order valence-corrected chi connectivity index (χ1v) is 8.88. The lowest BCUT2D eigenvalue weighted by Gasteiger charge is -2.33. The van der Waals surface area contributed by atoms with Crippen LogP contribution >= 0.6 is 0 Å². The van der Waals surface area contributed by atoms with Crippen molar-refractivity contribution in [1.29, 1.82) is 0 Å². The Bertz CT molecular complexity index is 289. The van der Waals surface area contributed by atoms with Crippen molar-refractivity contribution in [2.75, 3.05) is 32.7 Å². The molecule has 0 radical (unpaired) electrons. The summed E-state index contributed by atoms with van der Waals surface area (Å²) in [5.74, 6) is 2.06. The largest absolute Gasteiger partial charge is 0.370 e. The van der Waals surface area contributed by atoms with Crippen LogP contribution in [0.15, 0.2) is 4.99 Å². The minimum atomic E-state index is 0.632. The molecule has 4 heteroatoms. The van der Waals surface area contributed by atoms with E-state index in [1.807, 2.05) is 0 Å². The Balaban J connectivity index is 2.18. The fourth-order valence-electron chi connectivity index (χ4n) is 3.03. The fourth-order valence-corrected chi connectivity index (χ4v) is 3.03. The maximum Gasteiger partial charge on any atom is 0.188 e. The van der Waals surface area contributed by atoms with Gasteiger partial charge in [-0.15, -0.1) is 0 Å². The van der Waals surface area contributed by atoms with Crippen molar-refractivity contribution in [3.05, 3.63) is 0 Å². The summed E-state index contributed by atoms with van der Waals surface area (Å²) in [7, 11) is 0. The Morgan fingerprint density at radius 3 is 2.86 bits per heavy atom. The number of nitrogens with two attached hydrogens (primary N) is 1. The van der Waals surface area contributed by atoms with E-state index in [1.165, 1.54) is 58.2 Å². The van der Waals surface area contributed by atoms with Crippen LogP contribution in [0.4, 0.5) is 0 Å². The second kappa shape index (κ2) is 10.9. The van der Waals surface area contributed by atoms with Gasteiger partial charge in [-0.2, -0.15) is 0 Å². The van der Waals surface area contributed by atoms with Crippen LogP contribution in [0.25, 0.3) is 0 Å². The van der Waals surface area contributed by atoms with Crippen LogP contribution in [0.3, 0.4) is 0 Å². The van der Waals surface area contributed by atoms with Gasteiger partial charge < -0.3 is 16.0 Å². The molecule has 1 saturated heterocycles. The van der Waals surface area contributed by atoms with E-state index >= 15 is 0 Å². The molecule has 0 bridgehead atoms. The van der Waals surface area contributed by atoms with Crippen molar-refractivity contribution in [2.45, 2.75) is 59.3 Å². The lowest BCUT2D eigenvalue weighted by molar-refractivity contribution is 0.162. The number of nitrogens with zero attached hydrogens (tertiary/aromatic N) is 2. The normalized spacial score (nSPS) is 21.0. The number of hydrogen-bond acceptors (Lipinski definition) is 2. The van der Waals surface area contributed by atoms with E-state index in [2.05, 4.69) is 36.0 Å². The molecule has 1 unspecified atom stereocenters. The molecule has 0 aromatic carbocycles. The zero-order valence-electron chi connectivity index (χ0n) is 14.4. The molecule has 0 saturated carbocycles. The van der Waals surface area contributed by atoms with Crippen molar-refractivity contribution >= 4 is 5.96 Å². The van der Waals surface area contributed by atoms with Gasteiger partial charge in [-0.3, -0.25) is 4.99 Å². The van der Waals surface area contributed by atoms with Gasteiger partial charge in [0.1, 0.15) is 0 Å². The standard InChI is InChI=1S/C17H36N4/c1-4-5-6-7-10-19-17(18)20-12-16-9-8-11-21(14-16)13-15(2)3/h15-16H,4-14H2,1-3H3,(H3,18,19,20). The van der Waals surface area contributed by atoms with E-state index in [4.69, 9.17) is 5.73 Å². The van der Waals surface area contributed by atoms with Crippen molar-refractivity contribution in [3.8, 4) is 0 Å². The molecule has 0 aromatic heterocycles. The molecule has 0 spiro atoms. The molecule has 1 heterocycles. The van der Waals surface area contributed by atoms with E-state index in [0.29, 0.717) is 11.9 Å². The zero-order chi connectivity index (χ0) is 15.5. The summed E-state index contributed by atoms with van der Waals surface area (Å²) in [6, 6.07) is 0. The number of piperidine rings is 1. The molecule has 4 nitrogen and oxygen atoms in total. The maximum atomic E-state index is 5.95. The Hall–Kier alpha value is -0.770. The Morgan fingerprint density at radius 1 is 1.33 bits per heavy atom. The second-order valence-corrected chi connectivity index (χ2v) is 6.88. The van der Waals surface area contributed by atoms with Gasteiger partial charge in [0.2, 0.25) is 0 Å². The maximum absolute atomic E-state index is 5.95. The van der Waals surface area contributed by atoms with Crippen molar-refractivity contribution in [3.63, 3.8) is 0 Å². The molecule has 1 fully saturated rings. The molecular weight excluding hydrogens is 260 g/mol. The SMILES string of the molecule is CCCCCCNC(N)=NCC1CCCN(CC(C)C)C1. The minimum Gasteiger partial charge on any atom is -0.370 e. The first kappa shape index (κ1) is 18.3. The van der Waals surface area contributed by atoms with Crippen LogP contribution in [0.5, 0.6) is 0 Å². The molecule has 1 rings (SSSR count). The predicted octanol–water partition coefficient (Wildman–Crippen LogP) is 2.84. The van der Waals surface area contributed by atoms with Crippen molar-refractivity contribution in [1.82, 2.24) is 10.2 Å². The highest BCUT2D eigenvalue weighted by atomic mass is 15.1. The summed E-state index contributed by atoms with van der Waals surface area (Å²) in [6.45, 7) is 12.3. The smallest absolute Gasteiger partial charge is 0.188 e. The third kappa shape index (κ3) is 8.97. The number of unbranched alkanes of at least 4 members (excludes halogenated alkanes) is 3. The average Bonchev–Trinajstić information content (AvgIpc) is 2.44. The highest BCUT2D eigenvalue weighted by Gasteiger charge is 2.19. The van der Waals surface area contributed by atoms with Crippen LogP contribution in [0.2, 0.25) is 0 Å². The molecule has 124 valence electrons. The number of guanidine groups is 1. The first-order chi connectivity index (χ1) is 10.1. The van der Waals surface area contributed by atoms with Crippen LogP contribution in [0, 0.1) is 11.8 Å². The van der Waals surface area contributed by atoms with Gasteiger partial charge in [-0.1, -0.05) is 40.0 Å². The van der Waals surface area contributed by atoms with Crippen LogP contribution in [-0.2, 0) is 0 Å². The van der Waals surface area contributed by atoms with Crippen molar-refractivity contribution in [2.24, 2.45) is 22.6 Å². The molecule has 21 heavy (non-hydrogen) atoms. The Labute approximate surface area is 131 Å². The first-order valence-electron chi connectivity index (χ1n) is 8.88. The highest BCUT2D eigenvalue weighted by molar-refractivity contribution is 5.77. The molecular formula is C17H36N4. The molecule has 0 aliphatic carbocycles. The molecule has 3 N–H and O–H groups in total. The van der Waals surface area contributed by atoms with Gasteiger partial charge in [0.25, 0.3) is 0 Å². The monoisotopic (exact) mass is 296 g/mol. The second-order valence-electron chi connectivity index (χ2n) is 6.88. The third-order valence-electron chi connectivity index (χ3n) is 4.08. The topological polar surface area (TPSA) is 53.6 Å².